The highest BCUT2D eigenvalue weighted by atomic mass is 19.2. The normalized spacial score (nSPS) is 14.0. The van der Waals surface area contributed by atoms with E-state index in [4.69, 9.17) is 9.47 Å². The molecular formula is C24H19F3N2O3. The molecule has 3 aromatic rings. The summed E-state index contributed by atoms with van der Waals surface area (Å²) in [6.07, 6.45) is 2.80. The second-order valence-corrected chi connectivity index (χ2v) is 6.99. The average molecular weight is 440 g/mol. The largest absolute Gasteiger partial charge is 0.450 e. The van der Waals surface area contributed by atoms with E-state index in [9.17, 15) is 13.6 Å². The second-order valence-electron chi connectivity index (χ2n) is 6.99. The van der Waals surface area contributed by atoms with Crippen molar-refractivity contribution in [1.29, 1.82) is 0 Å². The maximum absolute atomic E-state index is 15.1. The Kier molecular flexibility index (Phi) is 6.51. The first-order valence-corrected chi connectivity index (χ1v) is 9.96. The van der Waals surface area contributed by atoms with Gasteiger partial charge in [-0.15, -0.1) is 0 Å². The van der Waals surface area contributed by atoms with Crippen LogP contribution in [0.15, 0.2) is 60.7 Å². The van der Waals surface area contributed by atoms with Crippen molar-refractivity contribution in [2.24, 2.45) is 0 Å². The van der Waals surface area contributed by atoms with Gasteiger partial charge in [-0.25, -0.2) is 0 Å². The molecule has 1 fully saturated rings. The fourth-order valence-electron chi connectivity index (χ4n) is 3.24. The Morgan fingerprint density at radius 1 is 0.969 bits per heavy atom. The van der Waals surface area contributed by atoms with Crippen molar-refractivity contribution in [1.82, 2.24) is 4.98 Å². The summed E-state index contributed by atoms with van der Waals surface area (Å²) in [6.45, 7) is 1.21. The van der Waals surface area contributed by atoms with Crippen LogP contribution in [0.25, 0.3) is 6.08 Å². The van der Waals surface area contributed by atoms with Crippen molar-refractivity contribution in [3.63, 3.8) is 0 Å². The van der Waals surface area contributed by atoms with Crippen LogP contribution >= 0.6 is 0 Å². The van der Waals surface area contributed by atoms with Gasteiger partial charge in [0.15, 0.2) is 11.6 Å². The number of nitrogens with zero attached hydrogens (tertiary/aromatic N) is 2. The molecule has 0 atom stereocenters. The topological polar surface area (TPSA) is 51.7 Å². The molecule has 0 saturated carbocycles. The smallest absolute Gasteiger partial charge is 0.255 e. The van der Waals surface area contributed by atoms with Gasteiger partial charge in [-0.05, 0) is 18.2 Å². The number of aromatic nitrogens is 1. The Morgan fingerprint density at radius 2 is 1.66 bits per heavy atom. The lowest BCUT2D eigenvalue weighted by Gasteiger charge is -2.28. The van der Waals surface area contributed by atoms with E-state index < -0.39 is 23.3 Å². The summed E-state index contributed by atoms with van der Waals surface area (Å²) in [6, 6.07) is 15.0. The molecule has 1 aliphatic heterocycles. The molecule has 8 heteroatoms. The third-order valence-corrected chi connectivity index (χ3v) is 4.89. The molecule has 1 aliphatic rings. The highest BCUT2D eigenvalue weighted by molar-refractivity contribution is 6.06. The third kappa shape index (κ3) is 4.65. The number of pyridine rings is 1. The summed E-state index contributed by atoms with van der Waals surface area (Å²) < 4.78 is 54.4. The van der Waals surface area contributed by atoms with Crippen molar-refractivity contribution in [3.8, 4) is 11.5 Å². The molecule has 0 radical (unpaired) electrons. The van der Waals surface area contributed by atoms with Crippen molar-refractivity contribution in [2.45, 2.75) is 0 Å². The quantitative estimate of drug-likeness (QED) is 0.306. The lowest BCUT2D eigenvalue weighted by molar-refractivity contribution is 0.104. The van der Waals surface area contributed by atoms with Crippen LogP contribution in [-0.2, 0) is 4.74 Å². The summed E-state index contributed by atoms with van der Waals surface area (Å²) >= 11 is 0. The van der Waals surface area contributed by atoms with Gasteiger partial charge in [-0.3, -0.25) is 4.79 Å². The molecule has 32 heavy (non-hydrogen) atoms. The fourth-order valence-corrected chi connectivity index (χ4v) is 3.24. The number of morpholine rings is 1. The van der Waals surface area contributed by atoms with Gasteiger partial charge in [-0.1, -0.05) is 48.5 Å². The van der Waals surface area contributed by atoms with E-state index in [1.807, 2.05) is 0 Å². The zero-order chi connectivity index (χ0) is 22.5. The van der Waals surface area contributed by atoms with E-state index in [0.29, 0.717) is 24.3 Å². The van der Waals surface area contributed by atoms with Gasteiger partial charge in [0.2, 0.25) is 17.4 Å². The monoisotopic (exact) mass is 440 g/mol. The van der Waals surface area contributed by atoms with Crippen LogP contribution < -0.4 is 9.64 Å². The van der Waals surface area contributed by atoms with E-state index in [1.165, 1.54) is 23.1 Å². The van der Waals surface area contributed by atoms with Crippen LogP contribution in [0, 0.1) is 17.6 Å². The maximum atomic E-state index is 15.1. The molecule has 2 aromatic carbocycles. The van der Waals surface area contributed by atoms with Gasteiger partial charge in [0.05, 0.1) is 13.2 Å². The number of halogens is 3. The van der Waals surface area contributed by atoms with Crippen molar-refractivity contribution >= 4 is 17.7 Å². The highest BCUT2D eigenvalue weighted by Gasteiger charge is 2.27. The zero-order valence-corrected chi connectivity index (χ0v) is 16.9. The molecule has 0 bridgehead atoms. The molecular weight excluding hydrogens is 421 g/mol. The first kappa shape index (κ1) is 21.6. The van der Waals surface area contributed by atoms with E-state index >= 15 is 4.39 Å². The molecule has 0 amide bonds. The van der Waals surface area contributed by atoms with Gasteiger partial charge in [0.1, 0.15) is 5.75 Å². The van der Waals surface area contributed by atoms with Gasteiger partial charge in [-0.2, -0.15) is 18.2 Å². The first-order valence-electron chi connectivity index (χ1n) is 9.96. The predicted molar refractivity (Wildman–Crippen MR) is 113 cm³/mol. The first-order chi connectivity index (χ1) is 15.5. The summed E-state index contributed by atoms with van der Waals surface area (Å²) in [5.74, 6) is -5.52. The Hall–Kier alpha value is -3.65. The molecule has 1 saturated heterocycles. The van der Waals surface area contributed by atoms with Crippen LogP contribution in [0.1, 0.15) is 15.9 Å². The molecule has 2 heterocycles. The number of para-hydroxylation sites is 1. The van der Waals surface area contributed by atoms with E-state index in [1.54, 1.807) is 48.5 Å². The molecule has 4 rings (SSSR count). The van der Waals surface area contributed by atoms with E-state index in [2.05, 4.69) is 4.98 Å². The summed E-state index contributed by atoms with van der Waals surface area (Å²) in [5, 5.41) is 0. The molecule has 0 aliphatic carbocycles. The van der Waals surface area contributed by atoms with Crippen LogP contribution in [0.3, 0.4) is 0 Å². The molecule has 0 unspecified atom stereocenters. The van der Waals surface area contributed by atoms with Crippen LogP contribution in [0.5, 0.6) is 11.5 Å². The van der Waals surface area contributed by atoms with Gasteiger partial charge in [0, 0.05) is 24.2 Å². The van der Waals surface area contributed by atoms with Crippen molar-refractivity contribution in [3.05, 3.63) is 89.4 Å². The van der Waals surface area contributed by atoms with E-state index in [-0.39, 0.29) is 30.4 Å². The standard InChI is InChI=1S/C24H19F3N2O3/c25-20-22(21(26)24(28-23(20)27)29-12-14-31-15-13-29)32-19-9-5-4-8-17(19)10-11-18(30)16-6-2-1-3-7-16/h1-11H,12-15H2/b11-10+. The maximum Gasteiger partial charge on any atom is 0.255 e. The lowest BCUT2D eigenvalue weighted by Crippen LogP contribution is -2.37. The average Bonchev–Trinajstić information content (AvgIpc) is 2.84. The molecule has 0 N–H and O–H groups in total. The number of hydrogen-bond acceptors (Lipinski definition) is 5. The second kappa shape index (κ2) is 9.65. The Bertz CT molecular complexity index is 1150. The molecule has 1 aromatic heterocycles. The molecule has 164 valence electrons. The predicted octanol–water partition coefficient (Wildman–Crippen LogP) is 5.02. The van der Waals surface area contributed by atoms with Crippen LogP contribution in [0.4, 0.5) is 19.0 Å². The Balaban J connectivity index is 1.64. The molecule has 0 spiro atoms. The number of anilines is 1. The summed E-state index contributed by atoms with van der Waals surface area (Å²) in [7, 11) is 0. The molecule has 5 nitrogen and oxygen atoms in total. The van der Waals surface area contributed by atoms with Crippen molar-refractivity contribution in [2.75, 3.05) is 31.2 Å². The number of ketones is 1. The Labute approximate surface area is 182 Å². The number of allylic oxidation sites excluding steroid dienone is 1. The summed E-state index contributed by atoms with van der Waals surface area (Å²) in [5.41, 5.74) is 0.881. The van der Waals surface area contributed by atoms with E-state index in [0.717, 1.165) is 0 Å². The number of carbonyl (C=O) groups is 1. The SMILES string of the molecule is O=C(/C=C/c1ccccc1Oc1c(F)c(F)nc(N2CCOCC2)c1F)c1ccccc1. The van der Waals surface area contributed by atoms with Crippen LogP contribution in [-0.4, -0.2) is 37.1 Å². The number of hydrogen-bond donors (Lipinski definition) is 0. The Morgan fingerprint density at radius 3 is 2.41 bits per heavy atom. The lowest BCUT2D eigenvalue weighted by atomic mass is 10.1. The zero-order valence-electron chi connectivity index (χ0n) is 16.9. The minimum atomic E-state index is -1.53. The van der Waals surface area contributed by atoms with Gasteiger partial charge in [0.25, 0.3) is 5.95 Å². The minimum Gasteiger partial charge on any atom is -0.450 e. The third-order valence-electron chi connectivity index (χ3n) is 4.89. The number of rotatable bonds is 6. The number of carbonyl (C=O) groups excluding carboxylic acids is 1. The van der Waals surface area contributed by atoms with Gasteiger partial charge < -0.3 is 14.4 Å². The van der Waals surface area contributed by atoms with Crippen LogP contribution in [0.2, 0.25) is 0 Å². The van der Waals surface area contributed by atoms with Crippen molar-refractivity contribution < 1.29 is 27.4 Å². The summed E-state index contributed by atoms with van der Waals surface area (Å²) in [4.78, 5) is 17.2. The minimum absolute atomic E-state index is 0.0564. The number of ether oxygens (including phenoxy) is 2. The highest BCUT2D eigenvalue weighted by Crippen LogP contribution is 2.35. The van der Waals surface area contributed by atoms with Gasteiger partial charge >= 0.3 is 0 Å². The fraction of sp³-hybridized carbons (Fsp3) is 0.167. The number of benzene rings is 2.